The maximum atomic E-state index is 9.57. The third kappa shape index (κ3) is 3.99. The van der Waals surface area contributed by atoms with Crippen molar-refractivity contribution in [2.45, 2.75) is 5.32 Å². The van der Waals surface area contributed by atoms with Crippen LogP contribution < -0.4 is 5.73 Å². The van der Waals surface area contributed by atoms with E-state index in [-0.39, 0.29) is 5.91 Å². The first-order chi connectivity index (χ1) is 2.27. The molecular formula is C2H5NOSe. The molecule has 0 aliphatic rings. The topological polar surface area (TPSA) is 43.1 Å². The van der Waals surface area contributed by atoms with Crippen molar-refractivity contribution in [3.05, 3.63) is 0 Å². The Morgan fingerprint density at radius 1 is 2.00 bits per heavy atom. The van der Waals surface area contributed by atoms with Crippen molar-refractivity contribution in [1.29, 1.82) is 0 Å². The first kappa shape index (κ1) is 4.99. The van der Waals surface area contributed by atoms with Gasteiger partial charge >= 0.3 is 37.8 Å². The Balaban J connectivity index is 2.85. The number of rotatable bonds is 1. The molecule has 0 aromatic rings. The van der Waals surface area contributed by atoms with E-state index in [0.29, 0.717) is 5.32 Å². The number of primary amides is 1. The Kier molecular flexibility index (Phi) is 2.24. The third-order valence-electron chi connectivity index (χ3n) is 0.156. The molecule has 0 saturated carbocycles. The summed E-state index contributed by atoms with van der Waals surface area (Å²) < 4.78 is 0. The van der Waals surface area contributed by atoms with Crippen molar-refractivity contribution in [3.8, 4) is 0 Å². The second-order valence-corrected chi connectivity index (χ2v) is 1.29. The van der Waals surface area contributed by atoms with Crippen molar-refractivity contribution in [3.63, 3.8) is 0 Å². The summed E-state index contributed by atoms with van der Waals surface area (Å²) in [6.07, 6.45) is 0. The molecule has 0 saturated heterocycles. The Labute approximate surface area is 38.5 Å². The van der Waals surface area contributed by atoms with Crippen molar-refractivity contribution in [2.24, 2.45) is 5.73 Å². The molecule has 0 rings (SSSR count). The van der Waals surface area contributed by atoms with Gasteiger partial charge in [-0.05, 0) is 0 Å². The molecule has 5 heavy (non-hydrogen) atoms. The summed E-state index contributed by atoms with van der Waals surface area (Å²) in [7, 11) is 0. The fraction of sp³-hybridized carbons (Fsp3) is 0.500. The predicted octanol–water partition coefficient (Wildman–Crippen LogP) is -1.21. The maximum absolute atomic E-state index is 9.57. The Morgan fingerprint density at radius 3 is 2.20 bits per heavy atom. The molecule has 1 amide bonds. The standard InChI is InChI=1S/C2H5NOSe/c3-2(4)1-5/h5H,1H2,(H2,3,4). The fourth-order valence-electron chi connectivity index (χ4n) is 0. The molecule has 0 bridgehead atoms. The summed E-state index contributed by atoms with van der Waals surface area (Å²) in [6.45, 7) is 0. The van der Waals surface area contributed by atoms with Crippen molar-refractivity contribution < 1.29 is 4.79 Å². The van der Waals surface area contributed by atoms with Crippen LogP contribution in [-0.2, 0) is 4.79 Å². The van der Waals surface area contributed by atoms with Crippen LogP contribution in [0.25, 0.3) is 0 Å². The first-order valence-corrected chi connectivity index (χ1v) is 2.49. The van der Waals surface area contributed by atoms with Crippen LogP contribution in [-0.4, -0.2) is 21.9 Å². The van der Waals surface area contributed by atoms with Gasteiger partial charge in [0.2, 0.25) is 0 Å². The zero-order valence-corrected chi connectivity index (χ0v) is 4.52. The van der Waals surface area contributed by atoms with E-state index in [1.165, 1.54) is 0 Å². The second-order valence-electron chi connectivity index (χ2n) is 0.624. The molecule has 2 N–H and O–H groups in total. The van der Waals surface area contributed by atoms with Crippen molar-refractivity contribution >= 4 is 21.9 Å². The Morgan fingerprint density at radius 2 is 2.20 bits per heavy atom. The average Bonchev–Trinajstić information content (AvgIpc) is 1.38. The van der Waals surface area contributed by atoms with Gasteiger partial charge in [0.25, 0.3) is 0 Å². The number of hydrogen-bond donors (Lipinski definition) is 1. The monoisotopic (exact) mass is 139 g/mol. The van der Waals surface area contributed by atoms with E-state index in [1.807, 2.05) is 0 Å². The van der Waals surface area contributed by atoms with Crippen LogP contribution in [0.15, 0.2) is 0 Å². The van der Waals surface area contributed by atoms with Gasteiger partial charge in [-0.3, -0.25) is 0 Å². The molecule has 0 atom stereocenters. The quantitative estimate of drug-likeness (QED) is 0.454. The molecule has 0 aromatic carbocycles. The average molecular weight is 138 g/mol. The number of nitrogens with two attached hydrogens (primary N) is 1. The van der Waals surface area contributed by atoms with Crippen LogP contribution in [0, 0.1) is 0 Å². The van der Waals surface area contributed by atoms with E-state index in [1.54, 1.807) is 0 Å². The van der Waals surface area contributed by atoms with Crippen LogP contribution in [0.5, 0.6) is 0 Å². The Hall–Kier alpha value is -0.0105. The number of carbonyl (C=O) groups is 1. The first-order valence-electron chi connectivity index (χ1n) is 1.16. The number of hydrogen-bond acceptors (Lipinski definition) is 1. The van der Waals surface area contributed by atoms with Gasteiger partial charge in [0, 0.05) is 0 Å². The minimum absolute atomic E-state index is 0.273. The molecule has 0 fully saturated rings. The van der Waals surface area contributed by atoms with Gasteiger partial charge in [-0.25, -0.2) is 0 Å². The number of amides is 1. The Bertz CT molecular complexity index is 44.9. The van der Waals surface area contributed by atoms with Crippen LogP contribution in [0.2, 0.25) is 5.32 Å². The van der Waals surface area contributed by atoms with Gasteiger partial charge in [-0.2, -0.15) is 0 Å². The van der Waals surface area contributed by atoms with Crippen LogP contribution >= 0.6 is 0 Å². The molecule has 0 aliphatic heterocycles. The zero-order chi connectivity index (χ0) is 4.28. The normalized spacial score (nSPS) is 7.40. The molecule has 0 heterocycles. The van der Waals surface area contributed by atoms with Crippen molar-refractivity contribution in [1.82, 2.24) is 0 Å². The van der Waals surface area contributed by atoms with Gasteiger partial charge in [-0.1, -0.05) is 0 Å². The number of carbonyl (C=O) groups excluding carboxylic acids is 1. The summed E-state index contributed by atoms with van der Waals surface area (Å²) in [5, 5.41) is 0.382. The van der Waals surface area contributed by atoms with E-state index in [2.05, 4.69) is 21.7 Å². The van der Waals surface area contributed by atoms with Crippen LogP contribution in [0.3, 0.4) is 0 Å². The molecule has 2 nitrogen and oxygen atoms in total. The molecule has 0 radical (unpaired) electrons. The third-order valence-corrected chi connectivity index (χ3v) is 0.810. The molecule has 0 spiro atoms. The van der Waals surface area contributed by atoms with E-state index in [9.17, 15) is 4.79 Å². The van der Waals surface area contributed by atoms with Gasteiger partial charge in [0.05, 0.1) is 0 Å². The zero-order valence-electron chi connectivity index (χ0n) is 2.64. The van der Waals surface area contributed by atoms with Gasteiger partial charge < -0.3 is 0 Å². The molecular weight excluding hydrogens is 133 g/mol. The van der Waals surface area contributed by atoms with Crippen LogP contribution in [0.4, 0.5) is 0 Å². The summed E-state index contributed by atoms with van der Waals surface area (Å²) in [4.78, 5) is 9.57. The molecule has 30 valence electrons. The van der Waals surface area contributed by atoms with E-state index < -0.39 is 0 Å². The summed E-state index contributed by atoms with van der Waals surface area (Å²) >= 11 is 2.10. The van der Waals surface area contributed by atoms with Crippen LogP contribution in [0.1, 0.15) is 0 Å². The van der Waals surface area contributed by atoms with Gasteiger partial charge in [0.15, 0.2) is 0 Å². The second kappa shape index (κ2) is 2.24. The molecule has 0 unspecified atom stereocenters. The SMILES string of the molecule is NC(=O)C[SeH]. The van der Waals surface area contributed by atoms with Gasteiger partial charge in [0.1, 0.15) is 0 Å². The fourth-order valence-corrected chi connectivity index (χ4v) is 0. The molecule has 3 heteroatoms. The summed E-state index contributed by atoms with van der Waals surface area (Å²) in [6, 6.07) is 0. The molecule has 0 aromatic heterocycles. The van der Waals surface area contributed by atoms with Crippen molar-refractivity contribution in [2.75, 3.05) is 0 Å². The summed E-state index contributed by atoms with van der Waals surface area (Å²) in [5.74, 6) is -0.273. The van der Waals surface area contributed by atoms with Gasteiger partial charge in [-0.15, -0.1) is 0 Å². The van der Waals surface area contributed by atoms with E-state index in [0.717, 1.165) is 0 Å². The summed E-state index contributed by atoms with van der Waals surface area (Å²) in [5.41, 5.74) is 4.64. The molecule has 0 aliphatic carbocycles. The van der Waals surface area contributed by atoms with E-state index in [4.69, 9.17) is 0 Å². The predicted molar refractivity (Wildman–Crippen MR) is 21.2 cm³/mol. The van der Waals surface area contributed by atoms with E-state index >= 15 is 0 Å². The minimum atomic E-state index is -0.273.